The molecule has 4 N–H and O–H groups in total. The third-order valence-corrected chi connectivity index (χ3v) is 5.16. The van der Waals surface area contributed by atoms with Crippen LogP contribution in [0.25, 0.3) is 0 Å². The van der Waals surface area contributed by atoms with Crippen molar-refractivity contribution in [3.63, 3.8) is 0 Å². The second kappa shape index (κ2) is 8.91. The number of nitrogens with two attached hydrogens (primary N) is 1. The van der Waals surface area contributed by atoms with E-state index in [1.54, 1.807) is 24.3 Å². The summed E-state index contributed by atoms with van der Waals surface area (Å²) in [7, 11) is 0. The summed E-state index contributed by atoms with van der Waals surface area (Å²) in [5, 5.41) is 16.0. The Labute approximate surface area is 160 Å². The van der Waals surface area contributed by atoms with Crippen LogP contribution in [-0.2, 0) is 4.79 Å². The van der Waals surface area contributed by atoms with Crippen LogP contribution >= 0.6 is 23.4 Å². The fourth-order valence-corrected chi connectivity index (χ4v) is 3.37. The number of aromatic nitrogens is 3. The number of nitrogen functional groups attached to an aromatic ring is 1. The van der Waals surface area contributed by atoms with E-state index >= 15 is 0 Å². The van der Waals surface area contributed by atoms with Crippen molar-refractivity contribution in [2.45, 2.75) is 37.3 Å². The molecule has 0 aliphatic heterocycles. The van der Waals surface area contributed by atoms with Crippen molar-refractivity contribution in [2.24, 2.45) is 5.10 Å². The number of benzene rings is 1. The highest BCUT2D eigenvalue weighted by Crippen LogP contribution is 2.22. The number of para-hydroxylation sites is 1. The van der Waals surface area contributed by atoms with Crippen molar-refractivity contribution < 1.29 is 4.79 Å². The monoisotopic (exact) mass is 393 g/mol. The molecule has 1 fully saturated rings. The van der Waals surface area contributed by atoms with Crippen LogP contribution < -0.4 is 16.6 Å². The lowest BCUT2D eigenvalue weighted by atomic mass is 9.99. The molecule has 3 rings (SSSR count). The van der Waals surface area contributed by atoms with Crippen LogP contribution in [0.2, 0.25) is 5.02 Å². The molecular formula is C16H20ClN7OS. The van der Waals surface area contributed by atoms with Crippen LogP contribution in [0.1, 0.15) is 32.1 Å². The van der Waals surface area contributed by atoms with Crippen molar-refractivity contribution in [2.75, 3.05) is 22.3 Å². The maximum atomic E-state index is 12.1. The molecule has 2 aromatic rings. The summed E-state index contributed by atoms with van der Waals surface area (Å²) in [6.07, 6.45) is 5.57. The Bertz CT molecular complexity index is 800. The van der Waals surface area contributed by atoms with E-state index in [1.165, 1.54) is 22.9 Å². The summed E-state index contributed by atoms with van der Waals surface area (Å²) in [5.74, 6) is 6.24. The molecule has 8 nitrogen and oxygen atoms in total. The fourth-order valence-electron chi connectivity index (χ4n) is 2.53. The van der Waals surface area contributed by atoms with E-state index in [4.69, 9.17) is 17.4 Å². The number of amides is 1. The zero-order valence-electron chi connectivity index (χ0n) is 14.1. The average molecular weight is 394 g/mol. The Kier molecular flexibility index (Phi) is 6.35. The molecule has 26 heavy (non-hydrogen) atoms. The summed E-state index contributed by atoms with van der Waals surface area (Å²) < 4.78 is 1.29. The highest BCUT2D eigenvalue weighted by Gasteiger charge is 2.13. The van der Waals surface area contributed by atoms with Crippen LogP contribution in [0, 0.1) is 0 Å². The van der Waals surface area contributed by atoms with E-state index in [0.717, 1.165) is 31.4 Å². The summed E-state index contributed by atoms with van der Waals surface area (Å²) in [4.78, 5) is 12.1. The van der Waals surface area contributed by atoms with Crippen LogP contribution in [0.15, 0.2) is 34.5 Å². The zero-order chi connectivity index (χ0) is 18.4. The number of anilines is 2. The number of halogens is 1. The molecule has 0 bridgehead atoms. The van der Waals surface area contributed by atoms with Gasteiger partial charge in [-0.25, -0.2) is 10.1 Å². The largest absolute Gasteiger partial charge is 0.334 e. The Hall–Kier alpha value is -2.26. The molecule has 1 heterocycles. The molecule has 10 heteroatoms. The Morgan fingerprint density at radius 3 is 2.81 bits per heavy atom. The number of thioether (sulfide) groups is 1. The molecule has 0 spiro atoms. The molecule has 1 saturated carbocycles. The summed E-state index contributed by atoms with van der Waals surface area (Å²) in [6.45, 7) is 0. The standard InChI is InChI=1S/C16H20ClN7OS/c17-12-8-4-5-9-13(12)19-14(25)10-26-16-23-22-15(24(16)18)21-20-11-6-2-1-3-7-11/h4-5,8-9H,1-3,6-7,10,18H2,(H,19,25)(H,21,22). The van der Waals surface area contributed by atoms with Crippen molar-refractivity contribution >= 4 is 46.6 Å². The number of nitrogens with one attached hydrogen (secondary N) is 2. The first-order valence-electron chi connectivity index (χ1n) is 8.32. The molecule has 0 unspecified atom stereocenters. The van der Waals surface area contributed by atoms with Crippen molar-refractivity contribution in [3.8, 4) is 0 Å². The molecular weight excluding hydrogens is 374 g/mol. The van der Waals surface area contributed by atoms with E-state index < -0.39 is 0 Å². The van der Waals surface area contributed by atoms with Gasteiger partial charge in [0.1, 0.15) is 0 Å². The second-order valence-corrected chi connectivity index (χ2v) is 7.19. The van der Waals surface area contributed by atoms with Crippen molar-refractivity contribution in [3.05, 3.63) is 29.3 Å². The number of carbonyl (C=O) groups excluding carboxylic acids is 1. The van der Waals surface area contributed by atoms with Gasteiger partial charge in [0, 0.05) is 5.71 Å². The van der Waals surface area contributed by atoms with Crippen LogP contribution in [0.5, 0.6) is 0 Å². The molecule has 1 aromatic heterocycles. The van der Waals surface area contributed by atoms with Crippen LogP contribution in [0.3, 0.4) is 0 Å². The molecule has 0 saturated heterocycles. The fraction of sp³-hybridized carbons (Fsp3) is 0.375. The van der Waals surface area contributed by atoms with Gasteiger partial charge in [-0.2, -0.15) is 5.10 Å². The van der Waals surface area contributed by atoms with E-state index in [2.05, 4.69) is 26.0 Å². The number of rotatable bonds is 6. The van der Waals surface area contributed by atoms with E-state index in [-0.39, 0.29) is 11.7 Å². The average Bonchev–Trinajstić information content (AvgIpc) is 3.01. The van der Waals surface area contributed by atoms with Gasteiger partial charge in [-0.1, -0.05) is 41.9 Å². The highest BCUT2D eigenvalue weighted by molar-refractivity contribution is 7.99. The first kappa shape index (κ1) is 18.5. The van der Waals surface area contributed by atoms with Gasteiger partial charge in [-0.05, 0) is 37.8 Å². The number of nitrogens with zero attached hydrogens (tertiary/aromatic N) is 4. The Morgan fingerprint density at radius 1 is 1.27 bits per heavy atom. The van der Waals surface area contributed by atoms with Crippen molar-refractivity contribution in [1.29, 1.82) is 0 Å². The first-order chi connectivity index (χ1) is 12.6. The van der Waals surface area contributed by atoms with Crippen LogP contribution in [0.4, 0.5) is 11.6 Å². The molecule has 0 atom stereocenters. The van der Waals surface area contributed by atoms with Gasteiger partial charge in [0.05, 0.1) is 16.5 Å². The Morgan fingerprint density at radius 2 is 2.04 bits per heavy atom. The lowest BCUT2D eigenvalue weighted by molar-refractivity contribution is -0.113. The molecule has 1 amide bonds. The molecule has 0 radical (unpaired) electrons. The molecule has 1 aliphatic rings. The minimum absolute atomic E-state index is 0.134. The summed E-state index contributed by atoms with van der Waals surface area (Å²) >= 11 is 7.21. The number of hydrogen-bond acceptors (Lipinski definition) is 7. The predicted octanol–water partition coefficient (Wildman–Crippen LogP) is 3.11. The third kappa shape index (κ3) is 4.89. The highest BCUT2D eigenvalue weighted by atomic mass is 35.5. The van der Waals surface area contributed by atoms with Gasteiger partial charge < -0.3 is 11.2 Å². The summed E-state index contributed by atoms with van der Waals surface area (Å²) in [6, 6.07) is 7.06. The minimum Gasteiger partial charge on any atom is -0.334 e. The quantitative estimate of drug-likeness (QED) is 0.395. The van der Waals surface area contributed by atoms with Crippen LogP contribution in [-0.4, -0.2) is 32.2 Å². The van der Waals surface area contributed by atoms with Gasteiger partial charge in [0.15, 0.2) is 0 Å². The molecule has 138 valence electrons. The number of carbonyl (C=O) groups is 1. The number of hydrogen-bond donors (Lipinski definition) is 3. The maximum Gasteiger partial charge on any atom is 0.264 e. The SMILES string of the molecule is Nn1c(NN=C2CCCCC2)nnc1SCC(=O)Nc1ccccc1Cl. The van der Waals surface area contributed by atoms with Crippen molar-refractivity contribution in [1.82, 2.24) is 14.9 Å². The van der Waals surface area contributed by atoms with Gasteiger partial charge in [-0.15, -0.1) is 10.2 Å². The van der Waals surface area contributed by atoms with Gasteiger partial charge in [0.25, 0.3) is 5.95 Å². The third-order valence-electron chi connectivity index (χ3n) is 3.89. The summed E-state index contributed by atoms with van der Waals surface area (Å²) in [5.41, 5.74) is 4.55. The Balaban J connectivity index is 1.53. The van der Waals surface area contributed by atoms with Gasteiger partial charge >= 0.3 is 0 Å². The maximum absolute atomic E-state index is 12.1. The van der Waals surface area contributed by atoms with E-state index in [9.17, 15) is 4.79 Å². The molecule has 1 aromatic carbocycles. The van der Waals surface area contributed by atoms with E-state index in [1.807, 2.05) is 0 Å². The lowest BCUT2D eigenvalue weighted by Gasteiger charge is -2.12. The normalized spacial score (nSPS) is 14.1. The van der Waals surface area contributed by atoms with E-state index in [0.29, 0.717) is 21.8 Å². The smallest absolute Gasteiger partial charge is 0.264 e. The molecule has 1 aliphatic carbocycles. The minimum atomic E-state index is -0.206. The second-order valence-electron chi connectivity index (χ2n) is 5.84. The predicted molar refractivity (Wildman–Crippen MR) is 105 cm³/mol. The zero-order valence-corrected chi connectivity index (χ0v) is 15.7. The topological polar surface area (TPSA) is 110 Å². The van der Waals surface area contributed by atoms with Gasteiger partial charge in [0.2, 0.25) is 11.1 Å². The lowest BCUT2D eigenvalue weighted by Crippen LogP contribution is -2.17. The first-order valence-corrected chi connectivity index (χ1v) is 9.69. The number of hydrazone groups is 1. The van der Waals surface area contributed by atoms with Gasteiger partial charge in [-0.3, -0.25) is 4.79 Å².